The minimum atomic E-state index is -0.582. The van der Waals surface area contributed by atoms with E-state index in [-0.39, 0.29) is 11.3 Å². The molecular formula is C8H6BrN3O3. The zero-order valence-corrected chi connectivity index (χ0v) is 8.97. The average molecular weight is 272 g/mol. The van der Waals surface area contributed by atoms with Gasteiger partial charge in [0.2, 0.25) is 5.78 Å². The molecule has 0 spiro atoms. The Morgan fingerprint density at radius 1 is 1.53 bits per heavy atom. The van der Waals surface area contributed by atoms with Crippen LogP contribution >= 0.6 is 15.9 Å². The van der Waals surface area contributed by atoms with Gasteiger partial charge in [-0.1, -0.05) is 15.9 Å². The number of carbonyl (C=O) groups is 1. The van der Waals surface area contributed by atoms with Crippen LogP contribution in [-0.2, 0) is 0 Å². The van der Waals surface area contributed by atoms with Crippen LogP contribution in [0, 0.1) is 10.1 Å². The highest BCUT2D eigenvalue weighted by Gasteiger charge is 2.12. The van der Waals surface area contributed by atoms with E-state index >= 15 is 0 Å². The standard InChI is InChI=1S/C8H6BrN3O3/c9-6-1-5(8(13)4-11-10)2-7(3-6)12(14)15/h1-4H,10H2/b11-4+. The summed E-state index contributed by atoms with van der Waals surface area (Å²) in [6.45, 7) is 0. The highest BCUT2D eigenvalue weighted by molar-refractivity contribution is 9.10. The average Bonchev–Trinajstić information content (AvgIpc) is 2.17. The van der Waals surface area contributed by atoms with Crippen molar-refractivity contribution in [3.05, 3.63) is 38.3 Å². The van der Waals surface area contributed by atoms with Crippen molar-refractivity contribution in [3.63, 3.8) is 0 Å². The Hall–Kier alpha value is -1.76. The molecule has 0 unspecified atom stereocenters. The summed E-state index contributed by atoms with van der Waals surface area (Å²) in [6, 6.07) is 3.92. The van der Waals surface area contributed by atoms with E-state index in [1.54, 1.807) is 0 Å². The summed E-state index contributed by atoms with van der Waals surface area (Å²) >= 11 is 3.07. The molecule has 0 aliphatic rings. The Morgan fingerprint density at radius 3 is 2.73 bits per heavy atom. The quantitative estimate of drug-likeness (QED) is 0.296. The van der Waals surface area contributed by atoms with Gasteiger partial charge in [-0.3, -0.25) is 14.9 Å². The van der Waals surface area contributed by atoms with Gasteiger partial charge in [-0.05, 0) is 6.07 Å². The number of nitrogens with two attached hydrogens (primary N) is 1. The Labute approximate surface area is 93.0 Å². The van der Waals surface area contributed by atoms with Crippen LogP contribution in [0.25, 0.3) is 0 Å². The lowest BCUT2D eigenvalue weighted by atomic mass is 10.1. The van der Waals surface area contributed by atoms with Gasteiger partial charge in [-0.2, -0.15) is 5.10 Å². The highest BCUT2D eigenvalue weighted by atomic mass is 79.9. The molecule has 0 bridgehead atoms. The van der Waals surface area contributed by atoms with Gasteiger partial charge in [0.25, 0.3) is 5.69 Å². The van der Waals surface area contributed by atoms with Crippen LogP contribution in [0.4, 0.5) is 5.69 Å². The molecule has 0 aliphatic heterocycles. The topological polar surface area (TPSA) is 98.6 Å². The second-order valence-corrected chi connectivity index (χ2v) is 3.51. The van der Waals surface area contributed by atoms with Crippen molar-refractivity contribution in [3.8, 4) is 0 Å². The summed E-state index contributed by atoms with van der Waals surface area (Å²) in [7, 11) is 0. The zero-order valence-electron chi connectivity index (χ0n) is 7.38. The SMILES string of the molecule is N/N=C/C(=O)c1cc(Br)cc([N+](=O)[O-])c1. The number of hydrogen-bond acceptors (Lipinski definition) is 5. The fourth-order valence-electron chi connectivity index (χ4n) is 0.964. The first kappa shape index (κ1) is 11.3. The zero-order chi connectivity index (χ0) is 11.4. The second kappa shape index (κ2) is 4.65. The van der Waals surface area contributed by atoms with Crippen molar-refractivity contribution >= 4 is 33.6 Å². The minimum Gasteiger partial charge on any atom is -0.323 e. The van der Waals surface area contributed by atoms with E-state index in [4.69, 9.17) is 5.84 Å². The van der Waals surface area contributed by atoms with Gasteiger partial charge < -0.3 is 5.84 Å². The van der Waals surface area contributed by atoms with E-state index in [0.717, 1.165) is 12.3 Å². The third-order valence-corrected chi connectivity index (χ3v) is 2.03. The van der Waals surface area contributed by atoms with Gasteiger partial charge in [0.15, 0.2) is 0 Å². The Kier molecular flexibility index (Phi) is 3.51. The lowest BCUT2D eigenvalue weighted by molar-refractivity contribution is -0.384. The van der Waals surface area contributed by atoms with Crippen LogP contribution in [-0.4, -0.2) is 16.9 Å². The molecule has 0 aromatic heterocycles. The molecule has 6 nitrogen and oxygen atoms in total. The number of carbonyl (C=O) groups excluding carboxylic acids is 1. The number of hydrazone groups is 1. The monoisotopic (exact) mass is 271 g/mol. The number of nitrogens with zero attached hydrogens (tertiary/aromatic N) is 2. The number of non-ortho nitro benzene ring substituents is 1. The summed E-state index contributed by atoms with van der Waals surface area (Å²) in [6.07, 6.45) is 0.894. The predicted molar refractivity (Wildman–Crippen MR) is 57.8 cm³/mol. The molecule has 0 fully saturated rings. The van der Waals surface area contributed by atoms with E-state index in [1.807, 2.05) is 0 Å². The van der Waals surface area contributed by atoms with Gasteiger partial charge >= 0.3 is 0 Å². The van der Waals surface area contributed by atoms with E-state index in [9.17, 15) is 14.9 Å². The van der Waals surface area contributed by atoms with Crippen molar-refractivity contribution in [2.45, 2.75) is 0 Å². The molecule has 1 aromatic rings. The van der Waals surface area contributed by atoms with Crippen LogP contribution in [0.5, 0.6) is 0 Å². The van der Waals surface area contributed by atoms with Crippen molar-refractivity contribution in [1.29, 1.82) is 0 Å². The smallest absolute Gasteiger partial charge is 0.271 e. The summed E-state index contributed by atoms with van der Waals surface area (Å²) in [5.74, 6) is 4.32. The number of rotatable bonds is 3. The van der Waals surface area contributed by atoms with Gasteiger partial charge in [-0.25, -0.2) is 0 Å². The first-order valence-corrected chi connectivity index (χ1v) is 4.56. The number of ketones is 1. The molecule has 0 heterocycles. The normalized spacial score (nSPS) is 10.5. The summed E-state index contributed by atoms with van der Waals surface area (Å²) in [5, 5.41) is 13.6. The number of halogens is 1. The first-order valence-electron chi connectivity index (χ1n) is 3.77. The van der Waals surface area contributed by atoms with Crippen LogP contribution in [0.2, 0.25) is 0 Å². The second-order valence-electron chi connectivity index (χ2n) is 2.60. The number of hydrogen-bond donors (Lipinski definition) is 1. The van der Waals surface area contributed by atoms with Crippen molar-refractivity contribution in [1.82, 2.24) is 0 Å². The van der Waals surface area contributed by atoms with Gasteiger partial charge in [-0.15, -0.1) is 0 Å². The summed E-state index contributed by atoms with van der Waals surface area (Å²) in [5.41, 5.74) is -0.0107. The lowest BCUT2D eigenvalue weighted by Crippen LogP contribution is -2.03. The van der Waals surface area contributed by atoms with E-state index < -0.39 is 10.7 Å². The molecule has 0 saturated heterocycles. The van der Waals surface area contributed by atoms with Crippen LogP contribution in [0.3, 0.4) is 0 Å². The molecule has 0 atom stereocenters. The lowest BCUT2D eigenvalue weighted by Gasteiger charge is -1.97. The van der Waals surface area contributed by atoms with E-state index in [2.05, 4.69) is 21.0 Å². The maximum atomic E-state index is 11.3. The van der Waals surface area contributed by atoms with Crippen molar-refractivity contribution in [2.24, 2.45) is 10.9 Å². The fourth-order valence-corrected chi connectivity index (χ4v) is 1.45. The van der Waals surface area contributed by atoms with Crippen LogP contribution in [0.15, 0.2) is 27.8 Å². The number of benzene rings is 1. The molecule has 7 heteroatoms. The number of Topliss-reactive ketones (excluding diaryl/α,β-unsaturated/α-hetero) is 1. The molecule has 1 rings (SSSR count). The minimum absolute atomic E-state index is 0.158. The van der Waals surface area contributed by atoms with Gasteiger partial charge in [0.05, 0.1) is 11.1 Å². The van der Waals surface area contributed by atoms with E-state index in [0.29, 0.717) is 4.47 Å². The molecular weight excluding hydrogens is 266 g/mol. The van der Waals surface area contributed by atoms with Crippen molar-refractivity contribution in [2.75, 3.05) is 0 Å². The molecule has 1 aromatic carbocycles. The maximum Gasteiger partial charge on any atom is 0.271 e. The Bertz CT molecular complexity index is 445. The number of nitro benzene ring substituents is 1. The molecule has 0 amide bonds. The summed E-state index contributed by atoms with van der Waals surface area (Å²) in [4.78, 5) is 21.2. The molecule has 78 valence electrons. The predicted octanol–water partition coefficient (Wildman–Crippen LogP) is 1.48. The molecule has 0 saturated carbocycles. The molecule has 0 aliphatic carbocycles. The Balaban J connectivity index is 3.20. The van der Waals surface area contributed by atoms with Crippen LogP contribution < -0.4 is 5.84 Å². The van der Waals surface area contributed by atoms with Crippen molar-refractivity contribution < 1.29 is 9.72 Å². The largest absolute Gasteiger partial charge is 0.323 e. The third-order valence-electron chi connectivity index (χ3n) is 1.57. The Morgan fingerprint density at radius 2 is 2.20 bits per heavy atom. The fraction of sp³-hybridized carbons (Fsp3) is 0. The molecule has 0 radical (unpaired) electrons. The van der Waals surface area contributed by atoms with Crippen LogP contribution in [0.1, 0.15) is 10.4 Å². The van der Waals surface area contributed by atoms with Gasteiger partial charge in [0, 0.05) is 22.2 Å². The first-order chi connectivity index (χ1) is 7.04. The summed E-state index contributed by atoms with van der Waals surface area (Å²) < 4.78 is 0.450. The molecule has 15 heavy (non-hydrogen) atoms. The van der Waals surface area contributed by atoms with E-state index in [1.165, 1.54) is 12.1 Å². The third kappa shape index (κ3) is 2.84. The van der Waals surface area contributed by atoms with Gasteiger partial charge in [0.1, 0.15) is 0 Å². The molecule has 2 N–H and O–H groups in total. The maximum absolute atomic E-state index is 11.3. The highest BCUT2D eigenvalue weighted by Crippen LogP contribution is 2.21. The number of nitro groups is 1.